The van der Waals surface area contributed by atoms with Gasteiger partial charge in [0.05, 0.1) is 12.7 Å². The number of nitriles is 1. The van der Waals surface area contributed by atoms with Crippen LogP contribution in [-0.2, 0) is 11.3 Å². The highest BCUT2D eigenvalue weighted by Crippen LogP contribution is 2.32. The zero-order chi connectivity index (χ0) is 16.0. The molecule has 2 rings (SSSR count). The van der Waals surface area contributed by atoms with E-state index >= 15 is 0 Å². The number of methoxy groups -OCH3 is 1. The lowest BCUT2D eigenvalue weighted by Crippen LogP contribution is -2.51. The van der Waals surface area contributed by atoms with Gasteiger partial charge in [-0.05, 0) is 43.4 Å². The number of nitrogens with one attached hydrogen (secondary N) is 1. The Morgan fingerprint density at radius 2 is 1.95 bits per heavy atom. The molecule has 1 N–H and O–H groups in total. The second-order valence-electron chi connectivity index (χ2n) is 6.23. The molecule has 0 unspecified atom stereocenters. The molecule has 0 spiro atoms. The Morgan fingerprint density at radius 1 is 1.32 bits per heavy atom. The molecule has 4 nitrogen and oxygen atoms in total. The topological polar surface area (TPSA) is 62.1 Å². The maximum absolute atomic E-state index is 12.4. The summed E-state index contributed by atoms with van der Waals surface area (Å²) in [6.07, 6.45) is 5.54. The van der Waals surface area contributed by atoms with E-state index in [1.54, 1.807) is 19.2 Å². The van der Waals surface area contributed by atoms with Crippen LogP contribution >= 0.6 is 0 Å². The average molecular weight is 300 g/mol. The smallest absolute Gasteiger partial charge is 0.252 e. The highest BCUT2D eigenvalue weighted by atomic mass is 16.5. The van der Waals surface area contributed by atoms with Crippen LogP contribution in [0.3, 0.4) is 0 Å². The lowest BCUT2D eigenvalue weighted by atomic mass is 9.76. The predicted molar refractivity (Wildman–Crippen MR) is 85.2 cm³/mol. The fraction of sp³-hybridized carbons (Fsp3) is 0.556. The first-order chi connectivity index (χ1) is 10.6. The van der Waals surface area contributed by atoms with E-state index in [2.05, 4.69) is 11.4 Å². The van der Waals surface area contributed by atoms with Crippen molar-refractivity contribution in [2.24, 2.45) is 5.92 Å². The van der Waals surface area contributed by atoms with E-state index in [0.717, 1.165) is 31.2 Å². The van der Waals surface area contributed by atoms with Crippen LogP contribution in [0.5, 0.6) is 0 Å². The fourth-order valence-electron chi connectivity index (χ4n) is 3.13. The lowest BCUT2D eigenvalue weighted by Gasteiger charge is -2.35. The number of amides is 1. The standard InChI is InChI=1S/C18H24N2O2/c1-18(13-19,16-6-4-3-5-7-16)20-17(21)15-10-8-14(9-11-15)12-22-2/h8-11,16H,3-7,12H2,1-2H3,(H,20,21)/t18-/m0/s1. The summed E-state index contributed by atoms with van der Waals surface area (Å²) in [5.41, 5.74) is 0.814. The third-order valence-electron chi connectivity index (χ3n) is 4.55. The van der Waals surface area contributed by atoms with Gasteiger partial charge in [-0.2, -0.15) is 5.26 Å². The number of ether oxygens (including phenoxy) is 1. The summed E-state index contributed by atoms with van der Waals surface area (Å²) in [5.74, 6) is 0.0570. The summed E-state index contributed by atoms with van der Waals surface area (Å²) in [4.78, 5) is 12.4. The quantitative estimate of drug-likeness (QED) is 0.906. The molecule has 118 valence electrons. The number of benzene rings is 1. The van der Waals surface area contributed by atoms with Gasteiger partial charge in [-0.25, -0.2) is 0 Å². The van der Waals surface area contributed by atoms with Crippen molar-refractivity contribution in [1.82, 2.24) is 5.32 Å². The minimum absolute atomic E-state index is 0.182. The number of nitrogens with zero attached hydrogens (tertiary/aromatic N) is 1. The third-order valence-corrected chi connectivity index (χ3v) is 4.55. The van der Waals surface area contributed by atoms with Gasteiger partial charge in [0, 0.05) is 12.7 Å². The Labute approximate surface area is 132 Å². The molecule has 1 atom stereocenters. The Hall–Kier alpha value is -1.86. The van der Waals surface area contributed by atoms with Crippen molar-refractivity contribution in [3.05, 3.63) is 35.4 Å². The van der Waals surface area contributed by atoms with Gasteiger partial charge in [0.1, 0.15) is 5.54 Å². The zero-order valence-electron chi connectivity index (χ0n) is 13.4. The predicted octanol–water partition coefficient (Wildman–Crippen LogP) is 3.43. The maximum Gasteiger partial charge on any atom is 0.252 e. The summed E-state index contributed by atoms with van der Waals surface area (Å²) >= 11 is 0. The van der Waals surface area contributed by atoms with Gasteiger partial charge in [0.15, 0.2) is 0 Å². The second-order valence-corrected chi connectivity index (χ2v) is 6.23. The van der Waals surface area contributed by atoms with Crippen LogP contribution < -0.4 is 5.32 Å². The van der Waals surface area contributed by atoms with Gasteiger partial charge in [-0.3, -0.25) is 4.79 Å². The Balaban J connectivity index is 2.06. The Bertz CT molecular complexity index is 541. The molecule has 22 heavy (non-hydrogen) atoms. The first-order valence-corrected chi connectivity index (χ1v) is 7.90. The fourth-order valence-corrected chi connectivity index (χ4v) is 3.13. The number of hydrogen-bond acceptors (Lipinski definition) is 3. The molecule has 0 heterocycles. The third kappa shape index (κ3) is 3.86. The van der Waals surface area contributed by atoms with E-state index < -0.39 is 5.54 Å². The van der Waals surface area contributed by atoms with Crippen molar-refractivity contribution < 1.29 is 9.53 Å². The highest BCUT2D eigenvalue weighted by Gasteiger charge is 2.36. The molecule has 0 saturated heterocycles. The molecule has 1 saturated carbocycles. The van der Waals surface area contributed by atoms with Crippen molar-refractivity contribution in [1.29, 1.82) is 5.26 Å². The van der Waals surface area contributed by atoms with E-state index in [-0.39, 0.29) is 11.8 Å². The molecule has 0 aromatic heterocycles. The van der Waals surface area contributed by atoms with E-state index in [1.165, 1.54) is 6.42 Å². The number of carbonyl (C=O) groups excluding carboxylic acids is 1. The molecule has 0 bridgehead atoms. The second kappa shape index (κ2) is 7.42. The summed E-state index contributed by atoms with van der Waals surface area (Å²) in [7, 11) is 1.64. The van der Waals surface area contributed by atoms with Crippen molar-refractivity contribution in [2.45, 2.75) is 51.2 Å². The van der Waals surface area contributed by atoms with Crippen LogP contribution in [0.1, 0.15) is 54.9 Å². The Kier molecular flexibility index (Phi) is 5.57. The van der Waals surface area contributed by atoms with Crippen LogP contribution in [0.15, 0.2) is 24.3 Å². The Morgan fingerprint density at radius 3 is 2.50 bits per heavy atom. The molecule has 1 amide bonds. The minimum Gasteiger partial charge on any atom is -0.380 e. The molecular formula is C18H24N2O2. The summed E-state index contributed by atoms with van der Waals surface area (Å²) in [5, 5.41) is 12.5. The average Bonchev–Trinajstić information content (AvgIpc) is 2.56. The van der Waals surface area contributed by atoms with Crippen molar-refractivity contribution in [3.63, 3.8) is 0 Å². The van der Waals surface area contributed by atoms with Gasteiger partial charge in [0.25, 0.3) is 5.91 Å². The van der Waals surface area contributed by atoms with Crippen LogP contribution in [0.2, 0.25) is 0 Å². The summed E-state index contributed by atoms with van der Waals surface area (Å²) in [6.45, 7) is 2.38. The molecule has 1 aromatic carbocycles. The normalized spacial score (nSPS) is 18.2. The van der Waals surface area contributed by atoms with Crippen molar-refractivity contribution >= 4 is 5.91 Å². The van der Waals surface area contributed by atoms with Crippen LogP contribution in [0, 0.1) is 17.2 Å². The van der Waals surface area contributed by atoms with Crippen LogP contribution in [0.4, 0.5) is 0 Å². The van der Waals surface area contributed by atoms with Crippen LogP contribution in [0.25, 0.3) is 0 Å². The number of rotatable bonds is 5. The van der Waals surface area contributed by atoms with Gasteiger partial charge < -0.3 is 10.1 Å². The van der Waals surface area contributed by atoms with Gasteiger partial charge in [-0.15, -0.1) is 0 Å². The first-order valence-electron chi connectivity index (χ1n) is 7.90. The van der Waals surface area contributed by atoms with E-state index in [4.69, 9.17) is 4.74 Å². The molecule has 1 aliphatic carbocycles. The number of hydrogen-bond donors (Lipinski definition) is 1. The summed E-state index contributed by atoms with van der Waals surface area (Å²) in [6, 6.07) is 9.64. The SMILES string of the molecule is COCc1ccc(C(=O)N[C@@](C)(C#N)C2CCCCC2)cc1. The van der Waals surface area contributed by atoms with Crippen molar-refractivity contribution in [3.8, 4) is 6.07 Å². The first kappa shape index (κ1) is 16.5. The molecule has 0 radical (unpaired) electrons. The molecule has 0 aliphatic heterocycles. The monoisotopic (exact) mass is 300 g/mol. The number of carbonyl (C=O) groups is 1. The van der Waals surface area contributed by atoms with E-state index in [1.807, 2.05) is 19.1 Å². The lowest BCUT2D eigenvalue weighted by molar-refractivity contribution is 0.0886. The minimum atomic E-state index is -0.789. The van der Waals surface area contributed by atoms with Gasteiger partial charge >= 0.3 is 0 Å². The van der Waals surface area contributed by atoms with Gasteiger partial charge in [-0.1, -0.05) is 31.4 Å². The van der Waals surface area contributed by atoms with Gasteiger partial charge in [0.2, 0.25) is 0 Å². The van der Waals surface area contributed by atoms with E-state index in [9.17, 15) is 10.1 Å². The largest absolute Gasteiger partial charge is 0.380 e. The zero-order valence-corrected chi connectivity index (χ0v) is 13.4. The maximum atomic E-state index is 12.4. The van der Waals surface area contributed by atoms with Crippen LogP contribution in [-0.4, -0.2) is 18.6 Å². The molecule has 1 aliphatic rings. The molecule has 1 fully saturated rings. The van der Waals surface area contributed by atoms with E-state index in [0.29, 0.717) is 12.2 Å². The summed E-state index contributed by atoms with van der Waals surface area (Å²) < 4.78 is 5.06. The highest BCUT2D eigenvalue weighted by molar-refractivity contribution is 5.95. The molecular weight excluding hydrogens is 276 g/mol. The van der Waals surface area contributed by atoms with Crippen molar-refractivity contribution in [2.75, 3.05) is 7.11 Å². The molecule has 4 heteroatoms. The molecule has 1 aromatic rings.